The lowest BCUT2D eigenvalue weighted by atomic mass is 10.2. The van der Waals surface area contributed by atoms with Gasteiger partial charge in [-0.2, -0.15) is 5.10 Å². The summed E-state index contributed by atoms with van der Waals surface area (Å²) in [6.07, 6.45) is 1.40. The van der Waals surface area contributed by atoms with Crippen molar-refractivity contribution < 1.29 is 13.2 Å². The van der Waals surface area contributed by atoms with E-state index in [0.29, 0.717) is 20.7 Å². The second kappa shape index (κ2) is 10.1. The smallest absolute Gasteiger partial charge is 0.264 e. The van der Waals surface area contributed by atoms with Crippen LogP contribution in [0.3, 0.4) is 0 Å². The summed E-state index contributed by atoms with van der Waals surface area (Å²) in [6, 6.07) is 20.2. The van der Waals surface area contributed by atoms with Gasteiger partial charge in [0.2, 0.25) is 0 Å². The molecular weight excluding hydrogens is 502 g/mol. The predicted molar refractivity (Wildman–Crippen MR) is 127 cm³/mol. The molecule has 9 heteroatoms. The van der Waals surface area contributed by atoms with Crippen LogP contribution in [0.2, 0.25) is 5.02 Å². The van der Waals surface area contributed by atoms with Gasteiger partial charge >= 0.3 is 0 Å². The summed E-state index contributed by atoms with van der Waals surface area (Å²) in [7, 11) is -3.99. The van der Waals surface area contributed by atoms with Gasteiger partial charge in [0.15, 0.2) is 0 Å². The van der Waals surface area contributed by atoms with Crippen molar-refractivity contribution in [3.8, 4) is 0 Å². The Labute approximate surface area is 194 Å². The molecule has 3 rings (SSSR count). The lowest BCUT2D eigenvalue weighted by Crippen LogP contribution is -2.39. The van der Waals surface area contributed by atoms with Crippen molar-refractivity contribution >= 4 is 55.4 Å². The maximum atomic E-state index is 13.3. The number of hydrogen-bond acceptors (Lipinski definition) is 4. The second-order valence-electron chi connectivity index (χ2n) is 6.62. The average Bonchev–Trinajstić information content (AvgIpc) is 2.73. The molecule has 0 atom stereocenters. The van der Waals surface area contributed by atoms with Crippen molar-refractivity contribution in [3.05, 3.63) is 93.4 Å². The second-order valence-corrected chi connectivity index (χ2v) is 9.80. The van der Waals surface area contributed by atoms with Gasteiger partial charge in [-0.1, -0.05) is 69.5 Å². The molecule has 3 aromatic carbocycles. The molecule has 0 bridgehead atoms. The monoisotopic (exact) mass is 519 g/mol. The van der Waals surface area contributed by atoms with Crippen LogP contribution in [0.25, 0.3) is 0 Å². The number of aryl methyl sites for hydroxylation is 1. The number of nitrogens with one attached hydrogen (secondary N) is 1. The third-order valence-electron chi connectivity index (χ3n) is 4.29. The SMILES string of the molecule is Cc1ccc(S(=O)(=O)N(CC(=O)N/N=C\c2ccccc2Cl)c2cccc(Br)c2)cc1. The summed E-state index contributed by atoms with van der Waals surface area (Å²) < 4.78 is 28.3. The highest BCUT2D eigenvalue weighted by molar-refractivity contribution is 9.10. The van der Waals surface area contributed by atoms with Crippen LogP contribution >= 0.6 is 27.5 Å². The standard InChI is InChI=1S/C22H19BrClN3O3S/c1-16-9-11-20(12-10-16)31(29,30)27(19-7-4-6-18(23)13-19)15-22(28)26-25-14-17-5-2-3-8-21(17)24/h2-14H,15H2,1H3,(H,26,28)/b25-14-. The maximum Gasteiger partial charge on any atom is 0.264 e. The summed E-state index contributed by atoms with van der Waals surface area (Å²) in [5.41, 5.74) is 4.26. The van der Waals surface area contributed by atoms with Crippen LogP contribution in [-0.2, 0) is 14.8 Å². The molecule has 0 radical (unpaired) electrons. The Morgan fingerprint density at radius 1 is 1.10 bits per heavy atom. The lowest BCUT2D eigenvalue weighted by molar-refractivity contribution is -0.119. The number of hydrogen-bond donors (Lipinski definition) is 1. The fourth-order valence-electron chi connectivity index (χ4n) is 2.70. The Kier molecular flexibility index (Phi) is 7.48. The first kappa shape index (κ1) is 23.0. The van der Waals surface area contributed by atoms with E-state index in [1.54, 1.807) is 60.7 Å². The van der Waals surface area contributed by atoms with E-state index in [9.17, 15) is 13.2 Å². The van der Waals surface area contributed by atoms with Crippen LogP contribution in [0.5, 0.6) is 0 Å². The van der Waals surface area contributed by atoms with Gasteiger partial charge < -0.3 is 0 Å². The molecule has 3 aromatic rings. The van der Waals surface area contributed by atoms with Crippen LogP contribution < -0.4 is 9.73 Å². The number of benzene rings is 3. The minimum absolute atomic E-state index is 0.0884. The van der Waals surface area contributed by atoms with Gasteiger partial charge in [0.25, 0.3) is 15.9 Å². The van der Waals surface area contributed by atoms with Gasteiger partial charge in [0, 0.05) is 15.1 Å². The zero-order chi connectivity index (χ0) is 22.4. The fourth-order valence-corrected chi connectivity index (χ4v) is 4.69. The first-order valence-corrected chi connectivity index (χ1v) is 11.8. The molecule has 0 spiro atoms. The molecule has 0 aliphatic rings. The minimum atomic E-state index is -3.99. The Morgan fingerprint density at radius 2 is 1.81 bits per heavy atom. The van der Waals surface area contributed by atoms with Crippen LogP contribution in [0.15, 0.2) is 87.3 Å². The van der Waals surface area contributed by atoms with Gasteiger partial charge in [0.1, 0.15) is 6.54 Å². The van der Waals surface area contributed by atoms with E-state index in [1.807, 2.05) is 6.92 Å². The lowest BCUT2D eigenvalue weighted by Gasteiger charge is -2.24. The van der Waals surface area contributed by atoms with Crippen LogP contribution in [-0.4, -0.2) is 27.1 Å². The Bertz CT molecular complexity index is 1210. The number of carbonyl (C=O) groups is 1. The van der Waals surface area contributed by atoms with E-state index in [-0.39, 0.29) is 4.90 Å². The molecule has 160 valence electrons. The highest BCUT2D eigenvalue weighted by Gasteiger charge is 2.27. The van der Waals surface area contributed by atoms with Gasteiger partial charge in [-0.3, -0.25) is 9.10 Å². The zero-order valence-electron chi connectivity index (χ0n) is 16.5. The molecule has 1 amide bonds. The van der Waals surface area contributed by atoms with Gasteiger partial charge in [-0.15, -0.1) is 0 Å². The number of anilines is 1. The molecule has 0 fully saturated rings. The quantitative estimate of drug-likeness (QED) is 0.360. The largest absolute Gasteiger partial charge is 0.271 e. The first-order chi connectivity index (χ1) is 14.8. The van der Waals surface area contributed by atoms with E-state index in [4.69, 9.17) is 11.6 Å². The minimum Gasteiger partial charge on any atom is -0.271 e. The Morgan fingerprint density at radius 3 is 2.48 bits per heavy atom. The van der Waals surface area contributed by atoms with Gasteiger partial charge in [-0.05, 0) is 43.3 Å². The molecule has 0 saturated carbocycles. The van der Waals surface area contributed by atoms with E-state index in [0.717, 1.165) is 9.87 Å². The van der Waals surface area contributed by atoms with Crippen molar-refractivity contribution in [1.29, 1.82) is 0 Å². The third-order valence-corrected chi connectivity index (χ3v) is 6.92. The molecule has 0 aliphatic carbocycles. The average molecular weight is 521 g/mol. The molecule has 6 nitrogen and oxygen atoms in total. The summed E-state index contributed by atoms with van der Waals surface area (Å²) in [5.74, 6) is -0.598. The van der Waals surface area contributed by atoms with Crippen LogP contribution in [0, 0.1) is 6.92 Å². The number of hydrazone groups is 1. The maximum absolute atomic E-state index is 13.3. The topological polar surface area (TPSA) is 78.8 Å². The predicted octanol–water partition coefficient (Wildman–Crippen LogP) is 4.76. The molecule has 1 N–H and O–H groups in total. The van der Waals surface area contributed by atoms with Gasteiger partial charge in [0.05, 0.1) is 16.8 Å². The number of rotatable bonds is 7. The normalized spacial score (nSPS) is 11.5. The molecule has 0 saturated heterocycles. The van der Waals surface area contributed by atoms with Gasteiger partial charge in [-0.25, -0.2) is 13.8 Å². The van der Waals surface area contributed by atoms with Crippen molar-refractivity contribution in [1.82, 2.24) is 5.43 Å². The Hall–Kier alpha value is -2.68. The molecule has 0 aromatic heterocycles. The molecule has 0 aliphatic heterocycles. The molecular formula is C22H19BrClN3O3S. The number of carbonyl (C=O) groups excluding carboxylic acids is 1. The fraction of sp³-hybridized carbons (Fsp3) is 0.0909. The molecule has 0 unspecified atom stereocenters. The van der Waals surface area contributed by atoms with Crippen LogP contribution in [0.4, 0.5) is 5.69 Å². The summed E-state index contributed by atoms with van der Waals surface area (Å²) in [4.78, 5) is 12.6. The number of nitrogens with zero attached hydrogens (tertiary/aromatic N) is 2. The van der Waals surface area contributed by atoms with E-state index < -0.39 is 22.5 Å². The van der Waals surface area contributed by atoms with Crippen molar-refractivity contribution in [2.45, 2.75) is 11.8 Å². The molecule has 31 heavy (non-hydrogen) atoms. The number of halogens is 2. The van der Waals surface area contributed by atoms with Crippen molar-refractivity contribution in [2.24, 2.45) is 5.10 Å². The van der Waals surface area contributed by atoms with Crippen molar-refractivity contribution in [3.63, 3.8) is 0 Å². The highest BCUT2D eigenvalue weighted by atomic mass is 79.9. The van der Waals surface area contributed by atoms with E-state index >= 15 is 0 Å². The summed E-state index contributed by atoms with van der Waals surface area (Å²) in [6.45, 7) is 1.42. The third kappa shape index (κ3) is 5.94. The number of sulfonamides is 1. The summed E-state index contributed by atoms with van der Waals surface area (Å²) in [5, 5.41) is 4.38. The zero-order valence-corrected chi connectivity index (χ0v) is 19.7. The van der Waals surface area contributed by atoms with Crippen LogP contribution in [0.1, 0.15) is 11.1 Å². The van der Waals surface area contributed by atoms with Crippen molar-refractivity contribution in [2.75, 3.05) is 10.8 Å². The van der Waals surface area contributed by atoms with E-state index in [2.05, 4.69) is 26.5 Å². The number of amides is 1. The summed E-state index contributed by atoms with van der Waals surface area (Å²) >= 11 is 9.41. The first-order valence-electron chi connectivity index (χ1n) is 9.19. The molecule has 0 heterocycles. The Balaban J connectivity index is 1.86. The van der Waals surface area contributed by atoms with E-state index in [1.165, 1.54) is 18.3 Å². The highest BCUT2D eigenvalue weighted by Crippen LogP contribution is 2.26.